The number of ether oxygens (including phenoxy) is 1. The van der Waals surface area contributed by atoms with E-state index < -0.39 is 12.3 Å². The summed E-state index contributed by atoms with van der Waals surface area (Å²) in [6.07, 6.45) is -3.50. The van der Waals surface area contributed by atoms with Gasteiger partial charge in [0.25, 0.3) is 0 Å². The van der Waals surface area contributed by atoms with Gasteiger partial charge in [-0.05, 0) is 43.7 Å². The zero-order chi connectivity index (χ0) is 20.9. The van der Waals surface area contributed by atoms with Crippen molar-refractivity contribution in [3.8, 4) is 0 Å². The zero-order valence-electron chi connectivity index (χ0n) is 15.8. The van der Waals surface area contributed by atoms with Gasteiger partial charge in [0.2, 0.25) is 0 Å². The fourth-order valence-corrected chi connectivity index (χ4v) is 4.31. The van der Waals surface area contributed by atoms with E-state index >= 15 is 0 Å². The number of nitrogens with one attached hydrogen (secondary N) is 2. The van der Waals surface area contributed by atoms with E-state index in [0.717, 1.165) is 28.3 Å². The minimum Gasteiger partial charge on any atom is -0.494 e. The molecule has 0 saturated heterocycles. The van der Waals surface area contributed by atoms with E-state index in [4.69, 9.17) is 4.74 Å². The number of aromatic amines is 2. The normalized spacial score (nSPS) is 17.1. The van der Waals surface area contributed by atoms with E-state index in [1.54, 1.807) is 19.3 Å². The summed E-state index contributed by atoms with van der Waals surface area (Å²) in [6.45, 7) is 3.97. The van der Waals surface area contributed by atoms with Crippen molar-refractivity contribution in [3.63, 3.8) is 0 Å². The Morgan fingerprint density at radius 3 is 2.55 bits per heavy atom. The molecular formula is C20H18F3N3O2S. The van der Waals surface area contributed by atoms with Crippen molar-refractivity contribution in [3.05, 3.63) is 63.3 Å². The number of aliphatic imine (C=N–C) groups is 1. The third-order valence-corrected chi connectivity index (χ3v) is 5.77. The predicted molar refractivity (Wildman–Crippen MR) is 107 cm³/mol. The van der Waals surface area contributed by atoms with E-state index in [0.29, 0.717) is 33.1 Å². The molecule has 4 rings (SSSR count). The van der Waals surface area contributed by atoms with E-state index in [2.05, 4.69) is 15.0 Å². The SMILES string of the molecule is COC1=CC(c2cc3sc(C(O)C(F)(F)F)cc3[nH]2)=NC1=Cc1[nH]c(C)cc1C. The minimum atomic E-state index is -4.69. The number of methoxy groups -OCH3 is 1. The van der Waals surface area contributed by atoms with Gasteiger partial charge in [0.1, 0.15) is 11.5 Å². The number of aromatic nitrogens is 2. The van der Waals surface area contributed by atoms with Gasteiger partial charge < -0.3 is 19.8 Å². The molecule has 0 spiro atoms. The van der Waals surface area contributed by atoms with Gasteiger partial charge in [-0.1, -0.05) is 0 Å². The van der Waals surface area contributed by atoms with Gasteiger partial charge in [-0.15, -0.1) is 11.3 Å². The molecule has 4 heterocycles. The number of allylic oxidation sites excluding steroid dienone is 1. The Kier molecular flexibility index (Phi) is 4.66. The number of aryl methyl sites for hydroxylation is 2. The van der Waals surface area contributed by atoms with Crippen LogP contribution in [0.15, 0.2) is 40.7 Å². The molecule has 0 fully saturated rings. The number of nitrogens with zero attached hydrogens (tertiary/aromatic N) is 1. The van der Waals surface area contributed by atoms with Gasteiger partial charge in [0.15, 0.2) is 6.10 Å². The first-order valence-electron chi connectivity index (χ1n) is 8.76. The second-order valence-electron chi connectivity index (χ2n) is 6.84. The van der Waals surface area contributed by atoms with Crippen LogP contribution in [0.2, 0.25) is 0 Å². The molecule has 152 valence electrons. The van der Waals surface area contributed by atoms with Crippen molar-refractivity contribution < 1.29 is 23.0 Å². The molecule has 0 aromatic carbocycles. The number of hydrogen-bond donors (Lipinski definition) is 3. The molecule has 1 aliphatic rings. The summed E-state index contributed by atoms with van der Waals surface area (Å²) in [7, 11) is 1.56. The number of aliphatic hydroxyl groups is 1. The monoisotopic (exact) mass is 421 g/mol. The van der Waals surface area contributed by atoms with E-state index in [1.165, 1.54) is 6.07 Å². The molecule has 29 heavy (non-hydrogen) atoms. The van der Waals surface area contributed by atoms with Crippen LogP contribution in [0.25, 0.3) is 16.3 Å². The Morgan fingerprint density at radius 1 is 1.21 bits per heavy atom. The lowest BCUT2D eigenvalue weighted by molar-refractivity contribution is -0.205. The van der Waals surface area contributed by atoms with Crippen molar-refractivity contribution in [2.75, 3.05) is 7.11 Å². The highest BCUT2D eigenvalue weighted by molar-refractivity contribution is 7.19. The molecule has 0 aliphatic carbocycles. The van der Waals surface area contributed by atoms with Crippen molar-refractivity contribution >= 4 is 33.3 Å². The molecule has 3 aromatic heterocycles. The Hall–Kier alpha value is -2.78. The maximum absolute atomic E-state index is 12.7. The first kappa shape index (κ1) is 19.5. The van der Waals surface area contributed by atoms with E-state index in [-0.39, 0.29) is 4.88 Å². The van der Waals surface area contributed by atoms with Crippen molar-refractivity contribution in [2.24, 2.45) is 4.99 Å². The number of alkyl halides is 3. The van der Waals surface area contributed by atoms with E-state index in [1.807, 2.05) is 26.0 Å². The largest absolute Gasteiger partial charge is 0.494 e. The van der Waals surface area contributed by atoms with E-state index in [9.17, 15) is 18.3 Å². The van der Waals surface area contributed by atoms with Crippen LogP contribution in [0.1, 0.15) is 33.6 Å². The Balaban J connectivity index is 1.67. The lowest BCUT2D eigenvalue weighted by atomic mass is 10.2. The van der Waals surface area contributed by atoms with Crippen LogP contribution in [0.5, 0.6) is 0 Å². The fraction of sp³-hybridized carbons (Fsp3) is 0.250. The molecule has 9 heteroatoms. The van der Waals surface area contributed by atoms with Gasteiger partial charge in [-0.2, -0.15) is 13.2 Å². The van der Waals surface area contributed by atoms with Crippen LogP contribution in [-0.2, 0) is 4.74 Å². The lowest BCUT2D eigenvalue weighted by Crippen LogP contribution is -2.18. The van der Waals surface area contributed by atoms with Gasteiger partial charge in [-0.25, -0.2) is 4.99 Å². The van der Waals surface area contributed by atoms with Crippen LogP contribution >= 0.6 is 11.3 Å². The lowest BCUT2D eigenvalue weighted by Gasteiger charge is -2.11. The highest BCUT2D eigenvalue weighted by Gasteiger charge is 2.40. The van der Waals surface area contributed by atoms with Crippen LogP contribution in [-0.4, -0.2) is 34.1 Å². The highest BCUT2D eigenvalue weighted by atomic mass is 32.1. The molecule has 0 amide bonds. The summed E-state index contributed by atoms with van der Waals surface area (Å²) in [5, 5.41) is 9.43. The first-order valence-corrected chi connectivity index (χ1v) is 9.57. The van der Waals surface area contributed by atoms with Crippen LogP contribution in [0.3, 0.4) is 0 Å². The molecule has 1 atom stereocenters. The number of halogens is 3. The third-order valence-electron chi connectivity index (χ3n) is 4.63. The maximum atomic E-state index is 12.7. The average Bonchev–Trinajstić information content (AvgIpc) is 3.36. The summed E-state index contributed by atoms with van der Waals surface area (Å²) in [6, 6.07) is 5.08. The predicted octanol–water partition coefficient (Wildman–Crippen LogP) is 5.14. The Labute approximate surface area is 168 Å². The number of rotatable bonds is 4. The molecule has 1 aliphatic heterocycles. The van der Waals surface area contributed by atoms with Gasteiger partial charge in [-0.3, -0.25) is 0 Å². The molecule has 3 aromatic rings. The van der Waals surface area contributed by atoms with Crippen LogP contribution in [0, 0.1) is 13.8 Å². The second-order valence-corrected chi connectivity index (χ2v) is 7.96. The molecule has 0 bridgehead atoms. The standard InChI is InChI=1S/C20H18F3N3O2S/c1-9-4-10(2)24-11(9)5-14-16(28-3)6-12(25-14)13-7-17-15(26-13)8-18(29-17)19(27)20(21,22)23/h4-8,19,24,26-27H,1-3H3. The van der Waals surface area contributed by atoms with Crippen molar-refractivity contribution in [1.29, 1.82) is 0 Å². The third kappa shape index (κ3) is 3.63. The zero-order valence-corrected chi connectivity index (χ0v) is 16.6. The molecular weight excluding hydrogens is 403 g/mol. The number of hydrogen-bond acceptors (Lipinski definition) is 4. The number of aliphatic hydroxyl groups excluding tert-OH is 1. The molecule has 3 N–H and O–H groups in total. The summed E-state index contributed by atoms with van der Waals surface area (Å²) < 4.78 is 44.2. The molecule has 0 radical (unpaired) electrons. The smallest absolute Gasteiger partial charge is 0.419 e. The second kappa shape index (κ2) is 6.93. The fourth-order valence-electron chi connectivity index (χ4n) is 3.23. The highest BCUT2D eigenvalue weighted by Crippen LogP contribution is 2.39. The number of thiophene rings is 1. The summed E-state index contributed by atoms with van der Waals surface area (Å²) in [4.78, 5) is 10.8. The summed E-state index contributed by atoms with van der Waals surface area (Å²) in [5.74, 6) is 0.595. The maximum Gasteiger partial charge on any atom is 0.419 e. The minimum absolute atomic E-state index is 0.148. The van der Waals surface area contributed by atoms with Gasteiger partial charge >= 0.3 is 6.18 Å². The van der Waals surface area contributed by atoms with Crippen LogP contribution in [0.4, 0.5) is 13.2 Å². The summed E-state index contributed by atoms with van der Waals surface area (Å²) >= 11 is 0.899. The Bertz CT molecular complexity index is 1150. The summed E-state index contributed by atoms with van der Waals surface area (Å²) in [5.41, 5.74) is 5.52. The van der Waals surface area contributed by atoms with Crippen molar-refractivity contribution in [1.82, 2.24) is 9.97 Å². The van der Waals surface area contributed by atoms with Gasteiger partial charge in [0, 0.05) is 22.3 Å². The molecule has 1 unspecified atom stereocenters. The van der Waals surface area contributed by atoms with Crippen LogP contribution < -0.4 is 0 Å². The van der Waals surface area contributed by atoms with Crippen molar-refractivity contribution in [2.45, 2.75) is 26.1 Å². The molecule has 0 saturated carbocycles. The Morgan fingerprint density at radius 2 is 1.97 bits per heavy atom. The topological polar surface area (TPSA) is 73.4 Å². The number of fused-ring (bicyclic) bond motifs is 1. The van der Waals surface area contributed by atoms with Gasteiger partial charge in [0.05, 0.1) is 28.7 Å². The average molecular weight is 421 g/mol. The first-order chi connectivity index (χ1) is 13.7. The molecule has 5 nitrogen and oxygen atoms in total. The number of H-pyrrole nitrogens is 2. The quantitative estimate of drug-likeness (QED) is 0.546.